The van der Waals surface area contributed by atoms with E-state index in [4.69, 9.17) is 11.6 Å². The molecular formula is C14H10ClFO. The third-order valence-corrected chi connectivity index (χ3v) is 2.88. The van der Waals surface area contributed by atoms with Gasteiger partial charge in [0, 0.05) is 5.56 Å². The summed E-state index contributed by atoms with van der Waals surface area (Å²) in [6, 6.07) is 14.6. The summed E-state index contributed by atoms with van der Waals surface area (Å²) in [6.45, 7) is 0. The first-order chi connectivity index (χ1) is 8.18. The molecule has 0 fully saturated rings. The molecular weight excluding hydrogens is 239 g/mol. The van der Waals surface area contributed by atoms with Gasteiger partial charge >= 0.3 is 0 Å². The zero-order valence-electron chi connectivity index (χ0n) is 8.94. The van der Waals surface area contributed by atoms with Crippen LogP contribution in [0.5, 0.6) is 0 Å². The van der Waals surface area contributed by atoms with Crippen LogP contribution in [0.2, 0.25) is 0 Å². The zero-order valence-corrected chi connectivity index (χ0v) is 9.69. The summed E-state index contributed by atoms with van der Waals surface area (Å²) in [5, 5.41) is -0.780. The van der Waals surface area contributed by atoms with Gasteiger partial charge in [-0.2, -0.15) is 0 Å². The van der Waals surface area contributed by atoms with Crippen LogP contribution < -0.4 is 0 Å². The van der Waals surface area contributed by atoms with Crippen molar-refractivity contribution in [1.29, 1.82) is 0 Å². The summed E-state index contributed by atoms with van der Waals surface area (Å²) in [5.74, 6) is -0.731. The first kappa shape index (κ1) is 11.8. The van der Waals surface area contributed by atoms with Crippen molar-refractivity contribution in [3.63, 3.8) is 0 Å². The van der Waals surface area contributed by atoms with Crippen LogP contribution in [-0.2, 0) is 0 Å². The van der Waals surface area contributed by atoms with E-state index in [0.717, 1.165) is 0 Å². The van der Waals surface area contributed by atoms with E-state index in [2.05, 4.69) is 0 Å². The third-order valence-electron chi connectivity index (χ3n) is 2.43. The maximum Gasteiger partial charge on any atom is 0.185 e. The van der Waals surface area contributed by atoms with E-state index in [9.17, 15) is 9.18 Å². The van der Waals surface area contributed by atoms with Gasteiger partial charge in [0.15, 0.2) is 5.78 Å². The number of halogens is 2. The maximum atomic E-state index is 13.0. The number of alkyl halides is 1. The van der Waals surface area contributed by atoms with E-state index in [1.165, 1.54) is 18.2 Å². The molecule has 2 rings (SSSR count). The Hall–Kier alpha value is -1.67. The van der Waals surface area contributed by atoms with Crippen molar-refractivity contribution in [3.05, 3.63) is 71.5 Å². The molecule has 0 aliphatic heterocycles. The number of Topliss-reactive ketones (excluding diaryl/α,β-unsaturated/α-hetero) is 1. The molecule has 3 heteroatoms. The van der Waals surface area contributed by atoms with Crippen molar-refractivity contribution in [2.75, 3.05) is 0 Å². The number of ketones is 1. The molecule has 0 bridgehead atoms. The molecule has 0 N–H and O–H groups in total. The van der Waals surface area contributed by atoms with Crippen LogP contribution in [-0.4, -0.2) is 5.78 Å². The average Bonchev–Trinajstić information content (AvgIpc) is 2.38. The molecule has 1 unspecified atom stereocenters. The molecule has 1 nitrogen and oxygen atoms in total. The van der Waals surface area contributed by atoms with Crippen molar-refractivity contribution in [1.82, 2.24) is 0 Å². The number of rotatable bonds is 3. The molecule has 0 spiro atoms. The van der Waals surface area contributed by atoms with E-state index < -0.39 is 11.2 Å². The third kappa shape index (κ3) is 2.71. The Morgan fingerprint density at radius 2 is 1.76 bits per heavy atom. The lowest BCUT2D eigenvalue weighted by Crippen LogP contribution is -2.07. The quantitative estimate of drug-likeness (QED) is 0.593. The second-order valence-electron chi connectivity index (χ2n) is 3.65. The minimum atomic E-state index is -0.780. The summed E-state index contributed by atoms with van der Waals surface area (Å²) < 4.78 is 13.0. The molecule has 0 aliphatic carbocycles. The zero-order chi connectivity index (χ0) is 12.3. The lowest BCUT2D eigenvalue weighted by atomic mass is 10.0. The smallest absolute Gasteiger partial charge is 0.185 e. The van der Waals surface area contributed by atoms with Crippen molar-refractivity contribution < 1.29 is 9.18 Å². The lowest BCUT2D eigenvalue weighted by Gasteiger charge is -2.08. The largest absolute Gasteiger partial charge is 0.292 e. The van der Waals surface area contributed by atoms with Gasteiger partial charge in [0.25, 0.3) is 0 Å². The molecule has 0 saturated carbocycles. The predicted octanol–water partition coefficient (Wildman–Crippen LogP) is 3.99. The van der Waals surface area contributed by atoms with E-state index in [0.29, 0.717) is 5.56 Å². The second-order valence-corrected chi connectivity index (χ2v) is 4.08. The van der Waals surface area contributed by atoms with Crippen LogP contribution in [0.3, 0.4) is 0 Å². The van der Waals surface area contributed by atoms with Crippen LogP contribution in [0, 0.1) is 5.82 Å². The van der Waals surface area contributed by atoms with Gasteiger partial charge in [-0.15, -0.1) is 11.6 Å². The summed E-state index contributed by atoms with van der Waals surface area (Å²) in [6.07, 6.45) is 0. The standard InChI is InChI=1S/C14H10ClFO/c15-13(10-5-2-1-3-6-10)14(17)11-7-4-8-12(16)9-11/h1-9,13H. The van der Waals surface area contributed by atoms with Gasteiger partial charge in [0.2, 0.25) is 0 Å². The SMILES string of the molecule is O=C(c1cccc(F)c1)C(Cl)c1ccccc1. The van der Waals surface area contributed by atoms with Crippen LogP contribution in [0.15, 0.2) is 54.6 Å². The average molecular weight is 249 g/mol. The Morgan fingerprint density at radius 3 is 2.41 bits per heavy atom. The molecule has 2 aromatic carbocycles. The van der Waals surface area contributed by atoms with Crippen molar-refractivity contribution >= 4 is 17.4 Å². The van der Waals surface area contributed by atoms with Crippen LogP contribution in [0.25, 0.3) is 0 Å². The molecule has 17 heavy (non-hydrogen) atoms. The highest BCUT2D eigenvalue weighted by Crippen LogP contribution is 2.24. The normalized spacial score (nSPS) is 12.1. The van der Waals surface area contributed by atoms with Crippen LogP contribution in [0.4, 0.5) is 4.39 Å². The minimum absolute atomic E-state index is 0.286. The first-order valence-corrected chi connectivity index (χ1v) is 5.61. The summed E-state index contributed by atoms with van der Waals surface area (Å²) >= 11 is 6.07. The van der Waals surface area contributed by atoms with Gasteiger partial charge in [-0.1, -0.05) is 42.5 Å². The Kier molecular flexibility index (Phi) is 3.55. The summed E-state index contributed by atoms with van der Waals surface area (Å²) in [7, 11) is 0. The molecule has 0 saturated heterocycles. The van der Waals surface area contributed by atoms with E-state index in [1.54, 1.807) is 18.2 Å². The second kappa shape index (κ2) is 5.11. The van der Waals surface area contributed by atoms with Crippen LogP contribution in [0.1, 0.15) is 21.3 Å². The Labute approximate surface area is 104 Å². The highest BCUT2D eigenvalue weighted by atomic mass is 35.5. The van der Waals surface area contributed by atoms with Gasteiger partial charge < -0.3 is 0 Å². The van der Waals surface area contributed by atoms with Crippen molar-refractivity contribution in [2.45, 2.75) is 5.38 Å². The van der Waals surface area contributed by atoms with Gasteiger partial charge in [0.1, 0.15) is 11.2 Å². The molecule has 2 aromatic rings. The lowest BCUT2D eigenvalue weighted by molar-refractivity contribution is 0.0986. The molecule has 0 aromatic heterocycles. The molecule has 0 amide bonds. The van der Waals surface area contributed by atoms with Crippen molar-refractivity contribution in [3.8, 4) is 0 Å². The van der Waals surface area contributed by atoms with Crippen molar-refractivity contribution in [2.24, 2.45) is 0 Å². The topological polar surface area (TPSA) is 17.1 Å². The fourth-order valence-corrected chi connectivity index (χ4v) is 1.83. The fourth-order valence-electron chi connectivity index (χ4n) is 1.56. The number of carbonyl (C=O) groups excluding carboxylic acids is 1. The Morgan fingerprint density at radius 1 is 1.06 bits per heavy atom. The fraction of sp³-hybridized carbons (Fsp3) is 0.0714. The molecule has 1 atom stereocenters. The van der Waals surface area contributed by atoms with Crippen LogP contribution >= 0.6 is 11.6 Å². The summed E-state index contributed by atoms with van der Waals surface area (Å²) in [5.41, 5.74) is 0.997. The maximum absolute atomic E-state index is 13.0. The van der Waals surface area contributed by atoms with Gasteiger partial charge in [0.05, 0.1) is 0 Å². The Balaban J connectivity index is 2.27. The molecule has 0 aliphatic rings. The highest BCUT2D eigenvalue weighted by molar-refractivity contribution is 6.33. The number of carbonyl (C=O) groups is 1. The molecule has 0 radical (unpaired) electrons. The number of hydrogen-bond acceptors (Lipinski definition) is 1. The monoisotopic (exact) mass is 248 g/mol. The van der Waals surface area contributed by atoms with Gasteiger partial charge in [-0.3, -0.25) is 4.79 Å². The minimum Gasteiger partial charge on any atom is -0.292 e. The first-order valence-electron chi connectivity index (χ1n) is 5.17. The highest BCUT2D eigenvalue weighted by Gasteiger charge is 2.19. The number of benzene rings is 2. The Bertz CT molecular complexity index is 525. The number of hydrogen-bond donors (Lipinski definition) is 0. The van der Waals surface area contributed by atoms with Gasteiger partial charge in [-0.25, -0.2) is 4.39 Å². The van der Waals surface area contributed by atoms with E-state index >= 15 is 0 Å². The molecule has 0 heterocycles. The predicted molar refractivity (Wildman–Crippen MR) is 65.8 cm³/mol. The van der Waals surface area contributed by atoms with E-state index in [1.807, 2.05) is 18.2 Å². The van der Waals surface area contributed by atoms with E-state index in [-0.39, 0.29) is 11.3 Å². The van der Waals surface area contributed by atoms with Gasteiger partial charge in [-0.05, 0) is 17.7 Å². The summed E-state index contributed by atoms with van der Waals surface area (Å²) in [4.78, 5) is 12.0. The molecule has 86 valence electrons.